The van der Waals surface area contributed by atoms with Crippen molar-refractivity contribution in [1.29, 1.82) is 0 Å². The smallest absolute Gasteiger partial charge is 0.223 e. The Kier molecular flexibility index (Phi) is 3.69. The molecule has 0 bridgehead atoms. The van der Waals surface area contributed by atoms with Crippen molar-refractivity contribution in [1.82, 2.24) is 5.32 Å². The molecule has 110 valence electrons. The van der Waals surface area contributed by atoms with E-state index in [4.69, 9.17) is 0 Å². The number of carbonyl (C=O) groups is 1. The zero-order valence-corrected chi connectivity index (χ0v) is 11.8. The Balaban J connectivity index is 1.73. The molecule has 4 nitrogen and oxygen atoms in total. The Morgan fingerprint density at radius 3 is 2.67 bits per heavy atom. The zero-order chi connectivity index (χ0) is 14.8. The van der Waals surface area contributed by atoms with Gasteiger partial charge in [-0.25, -0.2) is 0 Å². The van der Waals surface area contributed by atoms with Crippen LogP contribution in [-0.2, 0) is 11.2 Å². The van der Waals surface area contributed by atoms with Crippen molar-refractivity contribution in [2.45, 2.75) is 25.7 Å². The number of carbonyl (C=O) groups excluding carboxylic acids is 1. The van der Waals surface area contributed by atoms with Crippen LogP contribution in [0.5, 0.6) is 11.5 Å². The van der Waals surface area contributed by atoms with Gasteiger partial charge in [0.2, 0.25) is 5.91 Å². The Bertz CT molecular complexity index is 677. The Morgan fingerprint density at radius 1 is 1.14 bits per heavy atom. The highest BCUT2D eigenvalue weighted by atomic mass is 16.3. The number of fused-ring (bicyclic) bond motifs is 1. The highest BCUT2D eigenvalue weighted by Gasteiger charge is 2.24. The summed E-state index contributed by atoms with van der Waals surface area (Å²) in [5.41, 5.74) is 0.926. The Hall–Kier alpha value is -2.23. The molecular formula is C17H19NO3. The number of phenolic OH excluding ortho intramolecular Hbond substituents is 2. The minimum atomic E-state index is 0.133. The summed E-state index contributed by atoms with van der Waals surface area (Å²) in [4.78, 5) is 11.8. The molecule has 3 rings (SSSR count). The fourth-order valence-electron chi connectivity index (χ4n) is 2.75. The lowest BCUT2D eigenvalue weighted by Gasteiger charge is -2.24. The first-order chi connectivity index (χ1) is 10.1. The second-order valence-electron chi connectivity index (χ2n) is 5.68. The lowest BCUT2D eigenvalue weighted by molar-refractivity contribution is -0.127. The Morgan fingerprint density at radius 2 is 1.95 bits per heavy atom. The van der Waals surface area contributed by atoms with Crippen molar-refractivity contribution in [3.8, 4) is 11.5 Å². The van der Waals surface area contributed by atoms with Gasteiger partial charge in [0.25, 0.3) is 0 Å². The maximum Gasteiger partial charge on any atom is 0.223 e. The van der Waals surface area contributed by atoms with Gasteiger partial charge < -0.3 is 15.5 Å². The van der Waals surface area contributed by atoms with E-state index in [9.17, 15) is 15.0 Å². The minimum Gasteiger partial charge on any atom is -0.508 e. The summed E-state index contributed by atoms with van der Waals surface area (Å²) in [6, 6.07) is 8.44. The van der Waals surface area contributed by atoms with Gasteiger partial charge in [-0.2, -0.15) is 0 Å². The molecule has 0 saturated heterocycles. The molecule has 0 radical (unpaired) electrons. The third-order valence-corrected chi connectivity index (χ3v) is 4.18. The molecule has 4 heteroatoms. The summed E-state index contributed by atoms with van der Waals surface area (Å²) < 4.78 is 0. The summed E-state index contributed by atoms with van der Waals surface area (Å²) >= 11 is 0. The van der Waals surface area contributed by atoms with Crippen LogP contribution >= 0.6 is 0 Å². The number of nitrogens with one attached hydrogen (secondary N) is 1. The number of hydrogen-bond acceptors (Lipinski definition) is 3. The standard InChI is InChI=1S/C17H19NO3/c19-14-5-4-12-8-15(20)9-13(16(12)10-14)6-7-18-17(21)11-2-1-3-11/h4-5,8-11,19-20H,1-3,6-7H2,(H,18,21). The van der Waals surface area contributed by atoms with E-state index < -0.39 is 0 Å². The van der Waals surface area contributed by atoms with Crippen LogP contribution in [0.15, 0.2) is 30.3 Å². The molecule has 0 aromatic heterocycles. The van der Waals surface area contributed by atoms with Gasteiger partial charge in [0, 0.05) is 12.5 Å². The van der Waals surface area contributed by atoms with Crippen molar-refractivity contribution in [3.05, 3.63) is 35.9 Å². The molecule has 1 saturated carbocycles. The lowest BCUT2D eigenvalue weighted by Crippen LogP contribution is -2.35. The summed E-state index contributed by atoms with van der Waals surface area (Å²) in [6.07, 6.45) is 3.77. The molecule has 1 aliphatic carbocycles. The SMILES string of the molecule is O=C(NCCc1cc(O)cc2ccc(O)cc12)C1CCC1. The maximum atomic E-state index is 11.8. The van der Waals surface area contributed by atoms with E-state index in [2.05, 4.69) is 5.32 Å². The normalized spacial score (nSPS) is 14.9. The van der Waals surface area contributed by atoms with Crippen LogP contribution in [0.1, 0.15) is 24.8 Å². The predicted octanol–water partition coefficient (Wildman–Crippen LogP) is 2.71. The molecule has 1 amide bonds. The number of benzene rings is 2. The van der Waals surface area contributed by atoms with Crippen molar-refractivity contribution in [3.63, 3.8) is 0 Å². The van der Waals surface area contributed by atoms with Crippen molar-refractivity contribution >= 4 is 16.7 Å². The van der Waals surface area contributed by atoms with Gasteiger partial charge in [0.05, 0.1) is 0 Å². The average molecular weight is 285 g/mol. The van der Waals surface area contributed by atoms with E-state index in [1.165, 1.54) is 0 Å². The minimum absolute atomic E-state index is 0.133. The van der Waals surface area contributed by atoms with E-state index in [0.29, 0.717) is 13.0 Å². The molecule has 0 unspecified atom stereocenters. The average Bonchev–Trinajstić information content (AvgIpc) is 2.37. The number of aromatic hydroxyl groups is 2. The van der Waals surface area contributed by atoms with E-state index in [-0.39, 0.29) is 23.3 Å². The monoisotopic (exact) mass is 285 g/mol. The van der Waals surface area contributed by atoms with Gasteiger partial charge in [0.1, 0.15) is 11.5 Å². The van der Waals surface area contributed by atoms with Crippen LogP contribution in [0, 0.1) is 5.92 Å². The van der Waals surface area contributed by atoms with Crippen LogP contribution < -0.4 is 5.32 Å². The van der Waals surface area contributed by atoms with Gasteiger partial charge in [-0.05, 0) is 59.9 Å². The van der Waals surface area contributed by atoms with Gasteiger partial charge in [-0.15, -0.1) is 0 Å². The number of rotatable bonds is 4. The fraction of sp³-hybridized carbons (Fsp3) is 0.353. The topological polar surface area (TPSA) is 69.6 Å². The van der Waals surface area contributed by atoms with E-state index >= 15 is 0 Å². The molecule has 21 heavy (non-hydrogen) atoms. The van der Waals surface area contributed by atoms with Crippen LogP contribution in [-0.4, -0.2) is 22.7 Å². The molecule has 1 fully saturated rings. The van der Waals surface area contributed by atoms with Crippen molar-refractivity contribution in [2.24, 2.45) is 5.92 Å². The molecule has 0 aliphatic heterocycles. The van der Waals surface area contributed by atoms with E-state index in [0.717, 1.165) is 35.6 Å². The molecule has 2 aromatic rings. The van der Waals surface area contributed by atoms with Crippen LogP contribution in [0.2, 0.25) is 0 Å². The molecule has 0 spiro atoms. The quantitative estimate of drug-likeness (QED) is 0.809. The third kappa shape index (κ3) is 2.94. The number of phenols is 2. The third-order valence-electron chi connectivity index (χ3n) is 4.18. The molecule has 2 aromatic carbocycles. The van der Waals surface area contributed by atoms with Gasteiger partial charge in [0.15, 0.2) is 0 Å². The zero-order valence-electron chi connectivity index (χ0n) is 11.8. The van der Waals surface area contributed by atoms with Gasteiger partial charge >= 0.3 is 0 Å². The first kappa shape index (κ1) is 13.7. The maximum absolute atomic E-state index is 11.8. The molecule has 3 N–H and O–H groups in total. The van der Waals surface area contributed by atoms with Crippen molar-refractivity contribution in [2.75, 3.05) is 6.54 Å². The first-order valence-electron chi connectivity index (χ1n) is 7.36. The highest BCUT2D eigenvalue weighted by Crippen LogP contribution is 2.28. The highest BCUT2D eigenvalue weighted by molar-refractivity contribution is 5.88. The second-order valence-corrected chi connectivity index (χ2v) is 5.68. The molecular weight excluding hydrogens is 266 g/mol. The fourth-order valence-corrected chi connectivity index (χ4v) is 2.75. The molecule has 0 atom stereocenters. The number of hydrogen-bond donors (Lipinski definition) is 3. The van der Waals surface area contributed by atoms with Gasteiger partial charge in [-0.1, -0.05) is 12.5 Å². The van der Waals surface area contributed by atoms with Crippen molar-refractivity contribution < 1.29 is 15.0 Å². The largest absolute Gasteiger partial charge is 0.508 e. The summed E-state index contributed by atoms with van der Waals surface area (Å²) in [7, 11) is 0. The lowest BCUT2D eigenvalue weighted by atomic mass is 9.85. The Labute approximate surface area is 123 Å². The number of amides is 1. The van der Waals surface area contributed by atoms with E-state index in [1.54, 1.807) is 30.3 Å². The van der Waals surface area contributed by atoms with Crippen LogP contribution in [0.3, 0.4) is 0 Å². The van der Waals surface area contributed by atoms with Gasteiger partial charge in [-0.3, -0.25) is 4.79 Å². The summed E-state index contributed by atoms with van der Waals surface area (Å²) in [5.74, 6) is 0.727. The summed E-state index contributed by atoms with van der Waals surface area (Å²) in [5, 5.41) is 24.1. The first-order valence-corrected chi connectivity index (χ1v) is 7.36. The van der Waals surface area contributed by atoms with Crippen LogP contribution in [0.4, 0.5) is 0 Å². The summed E-state index contributed by atoms with van der Waals surface area (Å²) in [6.45, 7) is 0.545. The van der Waals surface area contributed by atoms with E-state index in [1.807, 2.05) is 0 Å². The molecule has 1 aliphatic rings. The molecule has 0 heterocycles. The second kappa shape index (κ2) is 5.64. The van der Waals surface area contributed by atoms with Crippen LogP contribution in [0.25, 0.3) is 10.8 Å². The predicted molar refractivity (Wildman–Crippen MR) is 81.3 cm³/mol.